The Morgan fingerprint density at radius 1 is 0.958 bits per heavy atom. The van der Waals surface area contributed by atoms with E-state index in [1.807, 2.05) is 6.92 Å². The fourth-order valence-electron chi connectivity index (χ4n) is 2.70. The van der Waals surface area contributed by atoms with Crippen LogP contribution in [0.4, 0.5) is 5.69 Å². The Hall–Kier alpha value is -2.95. The second kappa shape index (κ2) is 6.66. The summed E-state index contributed by atoms with van der Waals surface area (Å²) in [5.74, 6) is -0.668. The third-order valence-electron chi connectivity index (χ3n) is 3.93. The van der Waals surface area contributed by atoms with E-state index in [0.29, 0.717) is 23.4 Å². The van der Waals surface area contributed by atoms with Crippen molar-refractivity contribution in [3.05, 3.63) is 65.2 Å². The zero-order valence-corrected chi connectivity index (χ0v) is 13.4. The molecule has 3 amide bonds. The fraction of sp³-hybridized carbons (Fsp3) is 0.211. The van der Waals surface area contributed by atoms with Crippen molar-refractivity contribution in [2.24, 2.45) is 0 Å². The van der Waals surface area contributed by atoms with Gasteiger partial charge in [0.1, 0.15) is 0 Å². The molecule has 2 aromatic carbocycles. The monoisotopic (exact) mass is 322 g/mol. The molecule has 1 N–H and O–H groups in total. The van der Waals surface area contributed by atoms with E-state index >= 15 is 0 Å². The second-order valence-corrected chi connectivity index (χ2v) is 5.68. The Kier molecular flexibility index (Phi) is 4.42. The number of carbonyl (C=O) groups is 3. The highest BCUT2D eigenvalue weighted by atomic mass is 16.2. The topological polar surface area (TPSA) is 66.5 Å². The highest BCUT2D eigenvalue weighted by molar-refractivity contribution is 6.34. The largest absolute Gasteiger partial charge is 0.356 e. The predicted octanol–water partition coefficient (Wildman–Crippen LogP) is 2.56. The zero-order chi connectivity index (χ0) is 17.1. The molecule has 0 radical (unpaired) electrons. The zero-order valence-electron chi connectivity index (χ0n) is 13.4. The van der Waals surface area contributed by atoms with E-state index < -0.39 is 0 Å². The summed E-state index contributed by atoms with van der Waals surface area (Å²) in [5, 5.41) is 2.82. The number of amides is 3. The first-order valence-electron chi connectivity index (χ1n) is 7.95. The summed E-state index contributed by atoms with van der Waals surface area (Å²) < 4.78 is 0. The van der Waals surface area contributed by atoms with Crippen molar-refractivity contribution in [3.63, 3.8) is 0 Å². The molecule has 0 saturated heterocycles. The molecule has 1 heterocycles. The van der Waals surface area contributed by atoms with Crippen LogP contribution in [-0.2, 0) is 11.2 Å². The number of imide groups is 1. The maximum Gasteiger partial charge on any atom is 0.266 e. The van der Waals surface area contributed by atoms with Gasteiger partial charge in [-0.2, -0.15) is 0 Å². The van der Waals surface area contributed by atoms with Crippen molar-refractivity contribution >= 4 is 23.4 Å². The van der Waals surface area contributed by atoms with Crippen LogP contribution in [0.1, 0.15) is 39.6 Å². The van der Waals surface area contributed by atoms with Gasteiger partial charge < -0.3 is 5.32 Å². The molecule has 5 heteroatoms. The molecule has 0 fully saturated rings. The second-order valence-electron chi connectivity index (χ2n) is 5.68. The van der Waals surface area contributed by atoms with Crippen LogP contribution in [0, 0.1) is 0 Å². The minimum absolute atomic E-state index is 0.0367. The molecule has 0 unspecified atom stereocenters. The van der Waals surface area contributed by atoms with Gasteiger partial charge in [-0.25, -0.2) is 4.90 Å². The Bertz CT molecular complexity index is 762. The number of rotatable bonds is 5. The molecular weight excluding hydrogens is 304 g/mol. The SMILES string of the molecule is CCCNC(=O)Cc1ccc(N2C(=O)c3ccccc3C2=O)cc1. The van der Waals surface area contributed by atoms with Crippen molar-refractivity contribution in [1.82, 2.24) is 5.32 Å². The molecule has 5 nitrogen and oxygen atoms in total. The van der Waals surface area contributed by atoms with Gasteiger partial charge in [-0.1, -0.05) is 31.2 Å². The van der Waals surface area contributed by atoms with Crippen LogP contribution in [0.3, 0.4) is 0 Å². The Morgan fingerprint density at radius 2 is 1.54 bits per heavy atom. The lowest BCUT2D eigenvalue weighted by molar-refractivity contribution is -0.120. The lowest BCUT2D eigenvalue weighted by Crippen LogP contribution is -2.29. The van der Waals surface area contributed by atoms with E-state index in [9.17, 15) is 14.4 Å². The van der Waals surface area contributed by atoms with Gasteiger partial charge in [0, 0.05) is 6.54 Å². The first-order valence-corrected chi connectivity index (χ1v) is 7.95. The van der Waals surface area contributed by atoms with E-state index in [2.05, 4.69) is 5.32 Å². The smallest absolute Gasteiger partial charge is 0.266 e. The van der Waals surface area contributed by atoms with Gasteiger partial charge in [0.05, 0.1) is 23.2 Å². The first-order chi connectivity index (χ1) is 11.6. The molecule has 0 bridgehead atoms. The summed E-state index contributed by atoms with van der Waals surface area (Å²) in [4.78, 5) is 37.8. The molecule has 24 heavy (non-hydrogen) atoms. The van der Waals surface area contributed by atoms with Crippen molar-refractivity contribution in [2.75, 3.05) is 11.4 Å². The molecule has 0 aromatic heterocycles. The van der Waals surface area contributed by atoms with Crippen molar-refractivity contribution in [2.45, 2.75) is 19.8 Å². The summed E-state index contributed by atoms with van der Waals surface area (Å²) in [6.45, 7) is 2.66. The average molecular weight is 322 g/mol. The molecule has 1 aliphatic heterocycles. The van der Waals surface area contributed by atoms with Crippen LogP contribution < -0.4 is 10.2 Å². The predicted molar refractivity (Wildman–Crippen MR) is 91.0 cm³/mol. The number of nitrogens with zero attached hydrogens (tertiary/aromatic N) is 1. The van der Waals surface area contributed by atoms with Crippen molar-refractivity contribution in [3.8, 4) is 0 Å². The summed E-state index contributed by atoms with van der Waals surface area (Å²) in [7, 11) is 0. The molecule has 3 rings (SSSR count). The van der Waals surface area contributed by atoms with Crippen molar-refractivity contribution < 1.29 is 14.4 Å². The summed E-state index contributed by atoms with van der Waals surface area (Å²) >= 11 is 0. The lowest BCUT2D eigenvalue weighted by atomic mass is 10.1. The maximum atomic E-state index is 12.4. The molecule has 0 atom stereocenters. The fourth-order valence-corrected chi connectivity index (χ4v) is 2.70. The Labute approximate surface area is 140 Å². The molecular formula is C19H18N2O3. The van der Waals surface area contributed by atoms with Crippen LogP contribution in [0.25, 0.3) is 0 Å². The van der Waals surface area contributed by atoms with Crippen LogP contribution >= 0.6 is 0 Å². The van der Waals surface area contributed by atoms with Gasteiger partial charge in [-0.05, 0) is 36.2 Å². The first kappa shape index (κ1) is 15.9. The van der Waals surface area contributed by atoms with Gasteiger partial charge in [-0.3, -0.25) is 14.4 Å². The van der Waals surface area contributed by atoms with E-state index in [-0.39, 0.29) is 24.1 Å². The van der Waals surface area contributed by atoms with E-state index in [4.69, 9.17) is 0 Å². The number of hydrogen-bond acceptors (Lipinski definition) is 3. The number of benzene rings is 2. The van der Waals surface area contributed by atoms with E-state index in [1.54, 1.807) is 48.5 Å². The van der Waals surface area contributed by atoms with Crippen molar-refractivity contribution in [1.29, 1.82) is 0 Å². The number of hydrogen-bond donors (Lipinski definition) is 1. The molecule has 0 spiro atoms. The summed E-state index contributed by atoms with van der Waals surface area (Å²) in [5.41, 5.74) is 2.19. The average Bonchev–Trinajstić information content (AvgIpc) is 2.85. The third-order valence-corrected chi connectivity index (χ3v) is 3.93. The summed E-state index contributed by atoms with van der Waals surface area (Å²) in [6, 6.07) is 13.7. The van der Waals surface area contributed by atoms with E-state index in [1.165, 1.54) is 4.90 Å². The minimum Gasteiger partial charge on any atom is -0.356 e. The molecule has 1 aliphatic rings. The Balaban J connectivity index is 1.76. The lowest BCUT2D eigenvalue weighted by Gasteiger charge is -2.14. The van der Waals surface area contributed by atoms with Crippen LogP contribution in [0.5, 0.6) is 0 Å². The number of fused-ring (bicyclic) bond motifs is 1. The maximum absolute atomic E-state index is 12.4. The number of carbonyl (C=O) groups excluding carboxylic acids is 3. The third kappa shape index (κ3) is 2.93. The standard InChI is InChI=1S/C19H18N2O3/c1-2-11-20-17(22)12-13-7-9-14(10-8-13)21-18(23)15-5-3-4-6-16(15)19(21)24/h3-10H,2,11-12H2,1H3,(H,20,22). The highest BCUT2D eigenvalue weighted by Gasteiger charge is 2.36. The quantitative estimate of drug-likeness (QED) is 0.860. The van der Waals surface area contributed by atoms with Gasteiger partial charge >= 0.3 is 0 Å². The van der Waals surface area contributed by atoms with Crippen LogP contribution in [-0.4, -0.2) is 24.3 Å². The summed E-state index contributed by atoms with van der Waals surface area (Å²) in [6.07, 6.45) is 1.17. The van der Waals surface area contributed by atoms with E-state index in [0.717, 1.165) is 12.0 Å². The molecule has 122 valence electrons. The van der Waals surface area contributed by atoms with Crippen LogP contribution in [0.2, 0.25) is 0 Å². The van der Waals surface area contributed by atoms with Gasteiger partial charge in [0.2, 0.25) is 5.91 Å². The molecule has 0 saturated carbocycles. The number of anilines is 1. The molecule has 0 aliphatic carbocycles. The Morgan fingerprint density at radius 3 is 2.08 bits per heavy atom. The van der Waals surface area contributed by atoms with Gasteiger partial charge in [0.25, 0.3) is 11.8 Å². The minimum atomic E-state index is -0.316. The normalized spacial score (nSPS) is 13.1. The van der Waals surface area contributed by atoms with Crippen LogP contribution in [0.15, 0.2) is 48.5 Å². The highest BCUT2D eigenvalue weighted by Crippen LogP contribution is 2.28. The van der Waals surface area contributed by atoms with Gasteiger partial charge in [0.15, 0.2) is 0 Å². The van der Waals surface area contributed by atoms with Gasteiger partial charge in [-0.15, -0.1) is 0 Å². The number of nitrogens with one attached hydrogen (secondary N) is 1. The molecule has 2 aromatic rings.